The van der Waals surface area contributed by atoms with E-state index in [0.29, 0.717) is 0 Å². The van der Waals surface area contributed by atoms with Gasteiger partial charge in [0.1, 0.15) is 0 Å². The molecule has 5 heteroatoms. The molecule has 0 amide bonds. The van der Waals surface area contributed by atoms with Crippen molar-refractivity contribution in [2.75, 3.05) is 0 Å². The van der Waals surface area contributed by atoms with Crippen LogP contribution in [0.2, 0.25) is 0 Å². The molecule has 0 spiro atoms. The van der Waals surface area contributed by atoms with E-state index in [2.05, 4.69) is 19.7 Å². The molecule has 0 atom stereocenters. The zero-order valence-electron chi connectivity index (χ0n) is 2.15. The molecule has 0 aliphatic carbocycles. The Kier molecular flexibility index (Phi) is 138. The SMILES string of the molecule is O.[Cl][V].[Cl][V]. The van der Waals surface area contributed by atoms with Gasteiger partial charge >= 0.3 is 52.6 Å². The summed E-state index contributed by atoms with van der Waals surface area (Å²) < 4.78 is 0. The van der Waals surface area contributed by atoms with Gasteiger partial charge in [0, 0.05) is 0 Å². The van der Waals surface area contributed by atoms with E-state index in [0.717, 1.165) is 0 Å². The topological polar surface area (TPSA) is 31.5 Å². The summed E-state index contributed by atoms with van der Waals surface area (Å²) in [5, 5.41) is 0. The van der Waals surface area contributed by atoms with Gasteiger partial charge in [-0.05, 0) is 0 Å². The van der Waals surface area contributed by atoms with Crippen LogP contribution >= 0.6 is 19.7 Å². The predicted molar refractivity (Wildman–Crippen MR) is 15.3 cm³/mol. The predicted octanol–water partition coefficient (Wildman–Crippen LogP) is 0.549. The molecule has 0 aromatic rings. The molecule has 0 aromatic carbocycles. The minimum atomic E-state index is 0. The molecular formula is H2Cl2OV2. The molecule has 1 nitrogen and oxygen atoms in total. The van der Waals surface area contributed by atoms with Crippen molar-refractivity contribution in [2.45, 2.75) is 0 Å². The quantitative estimate of drug-likeness (QED) is 0.535. The number of halogens is 2. The maximum atomic E-state index is 4.58. The molecule has 0 unspecified atom stereocenters. The Morgan fingerprint density at radius 1 is 0.800 bits per heavy atom. The maximum absolute atomic E-state index is 4.58. The van der Waals surface area contributed by atoms with Gasteiger partial charge < -0.3 is 5.48 Å². The van der Waals surface area contributed by atoms with Crippen LogP contribution in [-0.2, 0) is 32.9 Å². The summed E-state index contributed by atoms with van der Waals surface area (Å²) in [5.74, 6) is 0. The van der Waals surface area contributed by atoms with Crippen molar-refractivity contribution in [1.29, 1.82) is 0 Å². The van der Waals surface area contributed by atoms with Crippen LogP contribution in [0.15, 0.2) is 0 Å². The van der Waals surface area contributed by atoms with Crippen molar-refractivity contribution < 1.29 is 38.4 Å². The third-order valence-electron chi connectivity index (χ3n) is 0. The van der Waals surface area contributed by atoms with Gasteiger partial charge in [0.15, 0.2) is 0 Å². The van der Waals surface area contributed by atoms with Gasteiger partial charge in [0.25, 0.3) is 0 Å². The van der Waals surface area contributed by atoms with E-state index < -0.39 is 0 Å². The fourth-order valence-corrected chi connectivity index (χ4v) is 0. The van der Waals surface area contributed by atoms with Gasteiger partial charge in [-0.1, -0.05) is 0 Å². The number of rotatable bonds is 0. The van der Waals surface area contributed by atoms with Gasteiger partial charge in [-0.2, -0.15) is 0 Å². The average molecular weight is 191 g/mol. The summed E-state index contributed by atoms with van der Waals surface area (Å²) in [6.45, 7) is 0. The molecule has 2 N–H and O–H groups in total. The summed E-state index contributed by atoms with van der Waals surface area (Å²) >= 11 is 3.57. The molecule has 0 aromatic heterocycles. The Bertz CT molecular complexity index is 7.61. The van der Waals surface area contributed by atoms with Crippen LogP contribution in [0, 0.1) is 0 Å². The molecular weight excluding hydrogens is 189 g/mol. The molecule has 0 aliphatic heterocycles. The van der Waals surface area contributed by atoms with Gasteiger partial charge in [-0.3, -0.25) is 0 Å². The van der Waals surface area contributed by atoms with Crippen LogP contribution in [0.5, 0.6) is 0 Å². The first-order chi connectivity index (χ1) is 2.00. The second-order valence-corrected chi connectivity index (χ2v) is 0. The van der Waals surface area contributed by atoms with E-state index in [1.165, 1.54) is 0 Å². The molecule has 0 bridgehead atoms. The van der Waals surface area contributed by atoms with E-state index in [1.54, 1.807) is 32.9 Å². The fourth-order valence-electron chi connectivity index (χ4n) is 0. The van der Waals surface area contributed by atoms with E-state index in [9.17, 15) is 0 Å². The minimum absolute atomic E-state index is 0. The summed E-state index contributed by atoms with van der Waals surface area (Å²) in [7, 11) is 9.15. The first kappa shape index (κ1) is 15.9. The van der Waals surface area contributed by atoms with Crippen molar-refractivity contribution in [2.24, 2.45) is 0 Å². The van der Waals surface area contributed by atoms with Crippen molar-refractivity contribution in [3.63, 3.8) is 0 Å². The Labute approximate surface area is 57.9 Å². The Morgan fingerprint density at radius 3 is 0.800 bits per heavy atom. The van der Waals surface area contributed by atoms with Gasteiger partial charge in [0.05, 0.1) is 0 Å². The molecule has 5 heavy (non-hydrogen) atoms. The van der Waals surface area contributed by atoms with Gasteiger partial charge in [0.2, 0.25) is 0 Å². The summed E-state index contributed by atoms with van der Waals surface area (Å²) in [5.41, 5.74) is 0. The average Bonchev–Trinajstić information content (AvgIpc) is 1.50. The van der Waals surface area contributed by atoms with E-state index in [4.69, 9.17) is 0 Å². The van der Waals surface area contributed by atoms with Crippen LogP contribution in [-0.4, -0.2) is 5.48 Å². The number of hydrogen-bond donors (Lipinski definition) is 0. The first-order valence-electron chi connectivity index (χ1n) is 0.338. The van der Waals surface area contributed by atoms with Crippen molar-refractivity contribution in [1.82, 2.24) is 0 Å². The molecule has 32 valence electrons. The Balaban J connectivity index is -0.0000000133. The Morgan fingerprint density at radius 2 is 0.800 bits per heavy atom. The third kappa shape index (κ3) is 26.9. The van der Waals surface area contributed by atoms with Crippen molar-refractivity contribution in [3.8, 4) is 0 Å². The number of hydrogen-bond acceptors (Lipinski definition) is 0. The summed E-state index contributed by atoms with van der Waals surface area (Å²) in [4.78, 5) is 0. The Hall–Kier alpha value is 1.71. The van der Waals surface area contributed by atoms with Gasteiger partial charge in [-0.25, -0.2) is 0 Å². The third-order valence-corrected chi connectivity index (χ3v) is 0. The zero-order chi connectivity index (χ0) is 4.00. The normalized spacial score (nSPS) is 2.00. The zero-order valence-corrected chi connectivity index (χ0v) is 6.46. The molecule has 0 aliphatic rings. The second-order valence-electron chi connectivity index (χ2n) is 0. The molecule has 0 fully saturated rings. The molecule has 0 rings (SSSR count). The van der Waals surface area contributed by atoms with Crippen molar-refractivity contribution >= 4 is 19.7 Å². The van der Waals surface area contributed by atoms with Crippen LogP contribution in [0.3, 0.4) is 0 Å². The van der Waals surface area contributed by atoms with Gasteiger partial charge in [-0.15, -0.1) is 0 Å². The first-order valence-corrected chi connectivity index (χ1v) is 4.18. The van der Waals surface area contributed by atoms with Crippen LogP contribution in [0.4, 0.5) is 0 Å². The van der Waals surface area contributed by atoms with E-state index in [1.807, 2.05) is 0 Å². The summed E-state index contributed by atoms with van der Waals surface area (Å²) in [6, 6.07) is 0. The second kappa shape index (κ2) is 43.3. The van der Waals surface area contributed by atoms with E-state index in [-0.39, 0.29) is 5.48 Å². The van der Waals surface area contributed by atoms with Crippen LogP contribution < -0.4 is 0 Å². The van der Waals surface area contributed by atoms with Crippen LogP contribution in [0.25, 0.3) is 0 Å². The molecule has 0 saturated carbocycles. The van der Waals surface area contributed by atoms with Crippen molar-refractivity contribution in [3.05, 3.63) is 0 Å². The van der Waals surface area contributed by atoms with E-state index >= 15 is 0 Å². The summed E-state index contributed by atoms with van der Waals surface area (Å²) in [6.07, 6.45) is 0. The molecule has 0 saturated heterocycles. The molecule has 0 radical (unpaired) electrons. The fraction of sp³-hybridized carbons (Fsp3) is 0. The monoisotopic (exact) mass is 190 g/mol. The van der Waals surface area contributed by atoms with Crippen LogP contribution in [0.1, 0.15) is 0 Å². The standard InChI is InChI=1S/2ClH.H2O.2V/h2*1H;1H2;;/q;;;2*+1/p-2. The molecule has 0 heterocycles.